The minimum absolute atomic E-state index is 0.202. The maximum atomic E-state index is 11.4. The largest absolute Gasteiger partial charge is 0.382 e. The number of carbonyl (C=O) groups is 1. The molecule has 1 unspecified atom stereocenters. The second-order valence-electron chi connectivity index (χ2n) is 3.58. The van der Waals surface area contributed by atoms with Crippen molar-refractivity contribution in [3.05, 3.63) is 0 Å². The molecule has 13 heavy (non-hydrogen) atoms. The number of amides is 1. The van der Waals surface area contributed by atoms with Gasteiger partial charge in [-0.2, -0.15) is 0 Å². The molecule has 4 nitrogen and oxygen atoms in total. The van der Waals surface area contributed by atoms with Crippen LogP contribution in [0.1, 0.15) is 26.2 Å². The molecule has 0 aromatic rings. The first kappa shape index (κ1) is 10.5. The normalized spacial score (nSPS) is 20.7. The van der Waals surface area contributed by atoms with E-state index < -0.39 is 12.1 Å². The Hall–Kier alpha value is -0.610. The molecule has 0 spiro atoms. The maximum absolute atomic E-state index is 11.4. The molecule has 0 aromatic carbocycles. The Labute approximate surface area is 78.7 Å². The number of aliphatic hydroxyl groups is 1. The highest BCUT2D eigenvalue weighted by Gasteiger charge is 2.29. The predicted molar refractivity (Wildman–Crippen MR) is 50.1 cm³/mol. The number of hydrogen-bond acceptors (Lipinski definition) is 3. The molecule has 1 rings (SSSR count). The van der Waals surface area contributed by atoms with Crippen LogP contribution in [-0.2, 0) is 4.79 Å². The number of aliphatic hydroxyl groups excluding tert-OH is 1. The van der Waals surface area contributed by atoms with Gasteiger partial charge in [-0.15, -0.1) is 0 Å². The van der Waals surface area contributed by atoms with Gasteiger partial charge in [0.15, 0.2) is 0 Å². The van der Waals surface area contributed by atoms with Crippen LogP contribution in [0.15, 0.2) is 0 Å². The van der Waals surface area contributed by atoms with E-state index in [1.54, 1.807) is 4.90 Å². The van der Waals surface area contributed by atoms with Gasteiger partial charge in [0.2, 0.25) is 0 Å². The fourth-order valence-electron chi connectivity index (χ4n) is 1.40. The third kappa shape index (κ3) is 2.42. The van der Waals surface area contributed by atoms with Crippen molar-refractivity contribution in [1.82, 2.24) is 4.90 Å². The van der Waals surface area contributed by atoms with Crippen molar-refractivity contribution in [3.63, 3.8) is 0 Å². The molecule has 2 atom stereocenters. The number of rotatable bonds is 4. The van der Waals surface area contributed by atoms with E-state index in [2.05, 4.69) is 0 Å². The molecule has 1 saturated heterocycles. The smallest absolute Gasteiger partial charge is 0.253 e. The van der Waals surface area contributed by atoms with Crippen molar-refractivity contribution >= 4 is 5.91 Å². The van der Waals surface area contributed by atoms with Gasteiger partial charge >= 0.3 is 0 Å². The average molecular weight is 186 g/mol. The first-order valence-electron chi connectivity index (χ1n) is 4.89. The first-order valence-corrected chi connectivity index (χ1v) is 4.89. The van der Waals surface area contributed by atoms with E-state index >= 15 is 0 Å². The van der Waals surface area contributed by atoms with E-state index in [4.69, 9.17) is 5.73 Å². The second-order valence-corrected chi connectivity index (χ2v) is 3.58. The SMILES string of the molecule is CCC[C@H](N)C(O)C(=O)N1CCC1. The van der Waals surface area contributed by atoms with Crippen molar-refractivity contribution in [1.29, 1.82) is 0 Å². The Kier molecular flexibility index (Phi) is 3.69. The molecule has 1 heterocycles. The Balaban J connectivity index is 2.35. The molecule has 1 aliphatic rings. The van der Waals surface area contributed by atoms with Crippen LogP contribution < -0.4 is 5.73 Å². The third-order valence-electron chi connectivity index (χ3n) is 2.45. The summed E-state index contributed by atoms with van der Waals surface area (Å²) in [4.78, 5) is 13.1. The highest BCUT2D eigenvalue weighted by molar-refractivity contribution is 5.82. The standard InChI is InChI=1S/C9H18N2O2/c1-2-4-7(10)8(12)9(13)11-5-3-6-11/h7-8,12H,2-6,10H2,1H3/t7-,8?/m0/s1. The fraction of sp³-hybridized carbons (Fsp3) is 0.889. The van der Waals surface area contributed by atoms with E-state index in [0.717, 1.165) is 25.9 Å². The molecule has 1 fully saturated rings. The Bertz CT molecular complexity index is 180. The van der Waals surface area contributed by atoms with Crippen LogP contribution in [0.5, 0.6) is 0 Å². The first-order chi connectivity index (χ1) is 6.16. The van der Waals surface area contributed by atoms with Gasteiger partial charge < -0.3 is 15.7 Å². The fourth-order valence-corrected chi connectivity index (χ4v) is 1.40. The molecular formula is C9H18N2O2. The Morgan fingerprint density at radius 2 is 2.23 bits per heavy atom. The van der Waals surface area contributed by atoms with Gasteiger partial charge in [0.05, 0.1) is 0 Å². The molecule has 4 heteroatoms. The summed E-state index contributed by atoms with van der Waals surface area (Å²) >= 11 is 0. The monoisotopic (exact) mass is 186 g/mol. The molecular weight excluding hydrogens is 168 g/mol. The lowest BCUT2D eigenvalue weighted by Gasteiger charge is -2.33. The third-order valence-corrected chi connectivity index (χ3v) is 2.45. The minimum atomic E-state index is -1.000. The summed E-state index contributed by atoms with van der Waals surface area (Å²) in [7, 11) is 0. The zero-order valence-electron chi connectivity index (χ0n) is 8.07. The number of hydrogen-bond donors (Lipinski definition) is 2. The van der Waals surface area contributed by atoms with Gasteiger partial charge in [-0.25, -0.2) is 0 Å². The van der Waals surface area contributed by atoms with E-state index in [1.165, 1.54) is 0 Å². The highest BCUT2D eigenvalue weighted by Crippen LogP contribution is 2.10. The number of nitrogens with two attached hydrogens (primary N) is 1. The lowest BCUT2D eigenvalue weighted by molar-refractivity contribution is -0.144. The van der Waals surface area contributed by atoms with E-state index in [9.17, 15) is 9.90 Å². The van der Waals surface area contributed by atoms with Gasteiger partial charge in [0.25, 0.3) is 5.91 Å². The van der Waals surface area contributed by atoms with Crippen molar-refractivity contribution in [3.8, 4) is 0 Å². The van der Waals surface area contributed by atoms with Crippen LogP contribution in [0.2, 0.25) is 0 Å². The second kappa shape index (κ2) is 4.58. The van der Waals surface area contributed by atoms with E-state index in [-0.39, 0.29) is 5.91 Å². The molecule has 0 radical (unpaired) electrons. The highest BCUT2D eigenvalue weighted by atomic mass is 16.3. The lowest BCUT2D eigenvalue weighted by Crippen LogP contribution is -2.52. The molecule has 76 valence electrons. The summed E-state index contributed by atoms with van der Waals surface area (Å²) in [6.07, 6.45) is 1.63. The molecule has 0 saturated carbocycles. The quantitative estimate of drug-likeness (QED) is 0.634. The zero-order valence-corrected chi connectivity index (χ0v) is 8.07. The van der Waals surface area contributed by atoms with Crippen molar-refractivity contribution in [2.45, 2.75) is 38.3 Å². The molecule has 0 aliphatic carbocycles. The summed E-state index contributed by atoms with van der Waals surface area (Å²) in [6, 6.07) is -0.405. The van der Waals surface area contributed by atoms with Crippen molar-refractivity contribution in [2.75, 3.05) is 13.1 Å². The van der Waals surface area contributed by atoms with Crippen LogP contribution in [0.3, 0.4) is 0 Å². The summed E-state index contributed by atoms with van der Waals surface area (Å²) < 4.78 is 0. The van der Waals surface area contributed by atoms with Crippen molar-refractivity contribution in [2.24, 2.45) is 5.73 Å². The Morgan fingerprint density at radius 3 is 2.62 bits per heavy atom. The van der Waals surface area contributed by atoms with E-state index in [1.807, 2.05) is 6.92 Å². The maximum Gasteiger partial charge on any atom is 0.253 e. The predicted octanol–water partition coefficient (Wildman–Crippen LogP) is -0.293. The van der Waals surface area contributed by atoms with Gasteiger partial charge in [0.1, 0.15) is 6.10 Å². The summed E-state index contributed by atoms with van der Waals surface area (Å²) in [5.74, 6) is -0.202. The van der Waals surface area contributed by atoms with Crippen LogP contribution in [0.4, 0.5) is 0 Å². The summed E-state index contributed by atoms with van der Waals surface area (Å²) in [5.41, 5.74) is 5.65. The minimum Gasteiger partial charge on any atom is -0.382 e. The molecule has 0 bridgehead atoms. The van der Waals surface area contributed by atoms with Crippen LogP contribution >= 0.6 is 0 Å². The number of nitrogens with zero attached hydrogens (tertiary/aromatic N) is 1. The number of likely N-dealkylation sites (tertiary alicyclic amines) is 1. The van der Waals surface area contributed by atoms with Crippen molar-refractivity contribution < 1.29 is 9.90 Å². The lowest BCUT2D eigenvalue weighted by atomic mass is 10.0. The molecule has 1 aliphatic heterocycles. The van der Waals surface area contributed by atoms with Gasteiger partial charge in [-0.1, -0.05) is 13.3 Å². The topological polar surface area (TPSA) is 66.6 Å². The van der Waals surface area contributed by atoms with Gasteiger partial charge in [-0.3, -0.25) is 4.79 Å². The zero-order chi connectivity index (χ0) is 9.84. The van der Waals surface area contributed by atoms with Crippen LogP contribution in [-0.4, -0.2) is 41.1 Å². The van der Waals surface area contributed by atoms with Gasteiger partial charge in [-0.05, 0) is 12.8 Å². The van der Waals surface area contributed by atoms with Crippen LogP contribution in [0, 0.1) is 0 Å². The average Bonchev–Trinajstić information content (AvgIpc) is 2.00. The Morgan fingerprint density at radius 1 is 1.62 bits per heavy atom. The van der Waals surface area contributed by atoms with Gasteiger partial charge in [0, 0.05) is 19.1 Å². The number of carbonyl (C=O) groups excluding carboxylic acids is 1. The van der Waals surface area contributed by atoms with Crippen LogP contribution in [0.25, 0.3) is 0 Å². The molecule has 1 amide bonds. The molecule has 0 aromatic heterocycles. The summed E-state index contributed by atoms with van der Waals surface area (Å²) in [5, 5.41) is 9.54. The van der Waals surface area contributed by atoms with E-state index in [0.29, 0.717) is 6.42 Å². The molecule has 3 N–H and O–H groups in total. The summed E-state index contributed by atoms with van der Waals surface area (Å²) in [6.45, 7) is 3.53.